The van der Waals surface area contributed by atoms with Crippen molar-refractivity contribution >= 4 is 34.8 Å². The van der Waals surface area contributed by atoms with Crippen LogP contribution in [-0.4, -0.2) is 5.91 Å². The van der Waals surface area contributed by atoms with Gasteiger partial charge in [-0.3, -0.25) is 4.79 Å². The van der Waals surface area contributed by atoms with Crippen LogP contribution in [0.4, 0.5) is 5.69 Å². The van der Waals surface area contributed by atoms with Gasteiger partial charge in [0.05, 0.1) is 15.7 Å². The first-order valence-electron chi connectivity index (χ1n) is 8.73. The number of halogens is 2. The van der Waals surface area contributed by atoms with Crippen molar-refractivity contribution in [3.05, 3.63) is 52.5 Å². The van der Waals surface area contributed by atoms with Crippen molar-refractivity contribution in [2.75, 3.05) is 5.32 Å². The molecule has 1 aromatic rings. The van der Waals surface area contributed by atoms with E-state index in [0.29, 0.717) is 27.6 Å². The molecule has 1 aromatic carbocycles. The molecule has 4 heteroatoms. The summed E-state index contributed by atoms with van der Waals surface area (Å²) in [5, 5.41) is 3.93. The predicted octanol–water partition coefficient (Wildman–Crippen LogP) is 6.26. The summed E-state index contributed by atoms with van der Waals surface area (Å²) >= 11 is 12.3. The SMILES string of the molecule is O=C(Nc1c(Cl)cccc1Cl)C1[C@H]2CC/C=C\CC/C=C\CC[C@H]12. The smallest absolute Gasteiger partial charge is 0.228 e. The van der Waals surface area contributed by atoms with Gasteiger partial charge in [-0.15, -0.1) is 0 Å². The normalized spacial score (nSPS) is 29.5. The van der Waals surface area contributed by atoms with E-state index in [9.17, 15) is 4.79 Å². The molecular formula is C20H23Cl2NO. The summed E-state index contributed by atoms with van der Waals surface area (Å²) in [4.78, 5) is 12.7. The molecule has 0 unspecified atom stereocenters. The number of carbonyl (C=O) groups excluding carboxylic acids is 1. The van der Waals surface area contributed by atoms with Crippen molar-refractivity contribution < 1.29 is 4.79 Å². The fourth-order valence-electron chi connectivity index (χ4n) is 3.69. The van der Waals surface area contributed by atoms with Crippen molar-refractivity contribution in [2.45, 2.75) is 38.5 Å². The molecule has 0 aliphatic heterocycles. The van der Waals surface area contributed by atoms with Gasteiger partial charge >= 0.3 is 0 Å². The lowest BCUT2D eigenvalue weighted by molar-refractivity contribution is -0.117. The Hall–Kier alpha value is -1.25. The van der Waals surface area contributed by atoms with Crippen LogP contribution in [-0.2, 0) is 4.79 Å². The average Bonchev–Trinajstić information content (AvgIpc) is 3.23. The molecule has 2 atom stereocenters. The third kappa shape index (κ3) is 4.23. The number of allylic oxidation sites excluding steroid dienone is 4. The van der Waals surface area contributed by atoms with Crippen LogP contribution in [0.15, 0.2) is 42.5 Å². The summed E-state index contributed by atoms with van der Waals surface area (Å²) < 4.78 is 0. The lowest BCUT2D eigenvalue weighted by atomic mass is 10.1. The third-order valence-electron chi connectivity index (χ3n) is 5.01. The number of fused-ring (bicyclic) bond motifs is 1. The molecule has 0 bridgehead atoms. The maximum atomic E-state index is 12.7. The van der Waals surface area contributed by atoms with E-state index >= 15 is 0 Å². The Morgan fingerprint density at radius 2 is 1.38 bits per heavy atom. The van der Waals surface area contributed by atoms with Crippen LogP contribution in [0.5, 0.6) is 0 Å². The highest BCUT2D eigenvalue weighted by atomic mass is 35.5. The second-order valence-corrected chi connectivity index (χ2v) is 7.43. The number of hydrogen-bond acceptors (Lipinski definition) is 1. The van der Waals surface area contributed by atoms with Gasteiger partial charge in [0.1, 0.15) is 0 Å². The number of rotatable bonds is 2. The standard InChI is InChI=1S/C20H23Cl2NO/c21-16-12-9-13-17(22)19(16)23-20(24)18-14-10-7-5-3-1-2-4-6-8-11-15(14)18/h3-6,9,12-15,18H,1-2,7-8,10-11H2,(H,23,24)/b5-3-,6-4-/t14-,15-/m0/s1. The number of para-hydroxylation sites is 1. The van der Waals surface area contributed by atoms with Crippen LogP contribution >= 0.6 is 23.2 Å². The van der Waals surface area contributed by atoms with Crippen LogP contribution in [0.2, 0.25) is 10.0 Å². The molecule has 0 saturated heterocycles. The first kappa shape index (κ1) is 17.6. The van der Waals surface area contributed by atoms with E-state index in [0.717, 1.165) is 38.5 Å². The van der Waals surface area contributed by atoms with E-state index in [2.05, 4.69) is 29.6 Å². The summed E-state index contributed by atoms with van der Waals surface area (Å²) in [6, 6.07) is 5.27. The van der Waals surface area contributed by atoms with Crippen LogP contribution < -0.4 is 5.32 Å². The Labute approximate surface area is 153 Å². The molecule has 2 aliphatic rings. The van der Waals surface area contributed by atoms with Crippen molar-refractivity contribution in [1.82, 2.24) is 0 Å². The molecule has 128 valence electrons. The van der Waals surface area contributed by atoms with E-state index in [4.69, 9.17) is 23.2 Å². The molecule has 3 rings (SSSR count). The molecule has 2 aliphatic carbocycles. The first-order chi connectivity index (χ1) is 11.7. The van der Waals surface area contributed by atoms with Gasteiger partial charge in [0.15, 0.2) is 0 Å². The molecule has 1 fully saturated rings. The maximum absolute atomic E-state index is 12.7. The number of carbonyl (C=O) groups is 1. The van der Waals surface area contributed by atoms with E-state index in [1.54, 1.807) is 18.2 Å². The van der Waals surface area contributed by atoms with Crippen molar-refractivity contribution in [3.8, 4) is 0 Å². The number of nitrogens with one attached hydrogen (secondary N) is 1. The molecule has 2 nitrogen and oxygen atoms in total. The Bertz CT molecular complexity index is 609. The number of anilines is 1. The molecule has 1 saturated carbocycles. The molecule has 0 spiro atoms. The van der Waals surface area contributed by atoms with Crippen LogP contribution in [0.1, 0.15) is 38.5 Å². The average molecular weight is 364 g/mol. The van der Waals surface area contributed by atoms with Gasteiger partial charge in [0.25, 0.3) is 0 Å². The number of benzene rings is 1. The largest absolute Gasteiger partial charge is 0.323 e. The fraction of sp³-hybridized carbons (Fsp3) is 0.450. The number of hydrogen-bond donors (Lipinski definition) is 1. The summed E-state index contributed by atoms with van der Waals surface area (Å²) in [5.41, 5.74) is 0.535. The minimum Gasteiger partial charge on any atom is -0.323 e. The second kappa shape index (κ2) is 8.22. The highest BCUT2D eigenvalue weighted by Gasteiger charge is 2.52. The van der Waals surface area contributed by atoms with Gasteiger partial charge in [-0.1, -0.05) is 53.6 Å². The van der Waals surface area contributed by atoms with Gasteiger partial charge in [-0.25, -0.2) is 0 Å². The van der Waals surface area contributed by atoms with E-state index in [1.165, 1.54) is 0 Å². The summed E-state index contributed by atoms with van der Waals surface area (Å²) in [6.07, 6.45) is 15.5. The fourth-order valence-corrected chi connectivity index (χ4v) is 4.18. The van der Waals surface area contributed by atoms with E-state index < -0.39 is 0 Å². The van der Waals surface area contributed by atoms with Gasteiger partial charge in [0.2, 0.25) is 5.91 Å². The molecule has 0 aromatic heterocycles. The maximum Gasteiger partial charge on any atom is 0.228 e. The molecule has 0 heterocycles. The monoisotopic (exact) mass is 363 g/mol. The molecule has 0 radical (unpaired) electrons. The van der Waals surface area contributed by atoms with Crippen molar-refractivity contribution in [1.29, 1.82) is 0 Å². The van der Waals surface area contributed by atoms with Gasteiger partial charge < -0.3 is 5.32 Å². The zero-order valence-electron chi connectivity index (χ0n) is 13.7. The topological polar surface area (TPSA) is 29.1 Å². The van der Waals surface area contributed by atoms with E-state index in [1.807, 2.05) is 0 Å². The lowest BCUT2D eigenvalue weighted by Crippen LogP contribution is -2.16. The molecule has 24 heavy (non-hydrogen) atoms. The van der Waals surface area contributed by atoms with Crippen molar-refractivity contribution in [3.63, 3.8) is 0 Å². The number of amides is 1. The first-order valence-corrected chi connectivity index (χ1v) is 9.49. The van der Waals surface area contributed by atoms with Crippen LogP contribution in [0.25, 0.3) is 0 Å². The molecule has 1 N–H and O–H groups in total. The Balaban J connectivity index is 1.66. The lowest BCUT2D eigenvalue weighted by Gasteiger charge is -2.09. The van der Waals surface area contributed by atoms with Gasteiger partial charge in [-0.05, 0) is 62.5 Å². The van der Waals surface area contributed by atoms with Crippen molar-refractivity contribution in [2.24, 2.45) is 17.8 Å². The summed E-state index contributed by atoms with van der Waals surface area (Å²) in [5.74, 6) is 1.09. The third-order valence-corrected chi connectivity index (χ3v) is 5.64. The minimum absolute atomic E-state index is 0.0582. The highest BCUT2D eigenvalue weighted by Crippen LogP contribution is 2.53. The van der Waals surface area contributed by atoms with Crippen LogP contribution in [0.3, 0.4) is 0 Å². The Morgan fingerprint density at radius 3 is 1.92 bits per heavy atom. The minimum atomic E-state index is 0.0582. The highest BCUT2D eigenvalue weighted by molar-refractivity contribution is 6.39. The Morgan fingerprint density at radius 1 is 0.875 bits per heavy atom. The zero-order valence-corrected chi connectivity index (χ0v) is 15.2. The van der Waals surface area contributed by atoms with Gasteiger partial charge in [0, 0.05) is 5.92 Å². The predicted molar refractivity (Wildman–Crippen MR) is 102 cm³/mol. The quantitative estimate of drug-likeness (QED) is 0.617. The van der Waals surface area contributed by atoms with E-state index in [-0.39, 0.29) is 11.8 Å². The molecule has 1 amide bonds. The van der Waals surface area contributed by atoms with Gasteiger partial charge in [-0.2, -0.15) is 0 Å². The zero-order chi connectivity index (χ0) is 16.9. The second-order valence-electron chi connectivity index (χ2n) is 6.61. The Kier molecular flexibility index (Phi) is 6.02. The summed E-state index contributed by atoms with van der Waals surface area (Å²) in [7, 11) is 0. The molecular weight excluding hydrogens is 341 g/mol. The van der Waals surface area contributed by atoms with Crippen LogP contribution in [0, 0.1) is 17.8 Å². The summed E-state index contributed by atoms with van der Waals surface area (Å²) in [6.45, 7) is 0.